The second-order valence-corrected chi connectivity index (χ2v) is 6.89. The molecule has 140 valence electrons. The summed E-state index contributed by atoms with van der Waals surface area (Å²) in [6.45, 7) is 6.44. The lowest BCUT2D eigenvalue weighted by Crippen LogP contribution is -2.47. The lowest BCUT2D eigenvalue weighted by atomic mass is 10.1. The van der Waals surface area contributed by atoms with Crippen molar-refractivity contribution in [3.8, 4) is 11.3 Å². The standard InChI is InChI=1S/C17H20ClFN4O2S/c1-9(2)7-8-20-17(26)22-21-16(24)13-10(3)25-23-15(13)14-11(18)5-4-6-12(14)19/h4-6,9H,7-8H2,1-3H3,(H,21,24)(H2,20,22,26). The largest absolute Gasteiger partial charge is 0.361 e. The molecule has 1 aromatic heterocycles. The monoisotopic (exact) mass is 398 g/mol. The highest BCUT2D eigenvalue weighted by Crippen LogP contribution is 2.33. The summed E-state index contributed by atoms with van der Waals surface area (Å²) in [4.78, 5) is 12.5. The van der Waals surface area contributed by atoms with Gasteiger partial charge in [-0.15, -0.1) is 0 Å². The van der Waals surface area contributed by atoms with Crippen LogP contribution in [0, 0.1) is 18.7 Å². The second kappa shape index (κ2) is 8.95. The van der Waals surface area contributed by atoms with Crippen LogP contribution < -0.4 is 16.2 Å². The molecule has 9 heteroatoms. The Bertz CT molecular complexity index is 790. The summed E-state index contributed by atoms with van der Waals surface area (Å²) >= 11 is 11.2. The molecule has 0 aliphatic heterocycles. The molecule has 0 saturated heterocycles. The minimum atomic E-state index is -0.598. The number of halogens is 2. The molecule has 3 N–H and O–H groups in total. The van der Waals surface area contributed by atoms with Crippen LogP contribution in [-0.4, -0.2) is 22.7 Å². The molecule has 0 fully saturated rings. The van der Waals surface area contributed by atoms with Gasteiger partial charge in [0.25, 0.3) is 5.91 Å². The van der Waals surface area contributed by atoms with Gasteiger partial charge in [0.15, 0.2) is 5.11 Å². The van der Waals surface area contributed by atoms with E-state index in [1.54, 1.807) is 6.92 Å². The fourth-order valence-corrected chi connectivity index (χ4v) is 2.63. The summed E-state index contributed by atoms with van der Waals surface area (Å²) in [7, 11) is 0. The zero-order valence-electron chi connectivity index (χ0n) is 14.7. The van der Waals surface area contributed by atoms with Crippen molar-refractivity contribution in [3.05, 3.63) is 40.4 Å². The minimum Gasteiger partial charge on any atom is -0.361 e. The van der Waals surface area contributed by atoms with Gasteiger partial charge in [-0.05, 0) is 43.6 Å². The van der Waals surface area contributed by atoms with Gasteiger partial charge in [0.1, 0.15) is 22.8 Å². The molecule has 2 aromatic rings. The van der Waals surface area contributed by atoms with Crippen LogP contribution in [0.25, 0.3) is 11.3 Å². The predicted octanol–water partition coefficient (Wildman–Crippen LogP) is 3.60. The van der Waals surface area contributed by atoms with Crippen molar-refractivity contribution < 1.29 is 13.7 Å². The average Bonchev–Trinajstić information content (AvgIpc) is 2.93. The first-order valence-corrected chi connectivity index (χ1v) is 8.84. The van der Waals surface area contributed by atoms with Gasteiger partial charge in [-0.25, -0.2) is 4.39 Å². The van der Waals surface area contributed by atoms with Crippen molar-refractivity contribution in [2.24, 2.45) is 5.92 Å². The van der Waals surface area contributed by atoms with E-state index in [2.05, 4.69) is 35.2 Å². The molecule has 2 rings (SSSR count). The maximum absolute atomic E-state index is 14.2. The summed E-state index contributed by atoms with van der Waals surface area (Å²) in [5.41, 5.74) is 5.18. The quantitative estimate of drug-likeness (QED) is 0.527. The fraction of sp³-hybridized carbons (Fsp3) is 0.353. The van der Waals surface area contributed by atoms with E-state index in [9.17, 15) is 9.18 Å². The van der Waals surface area contributed by atoms with E-state index in [1.807, 2.05) is 0 Å². The van der Waals surface area contributed by atoms with Gasteiger partial charge in [-0.2, -0.15) is 0 Å². The number of carbonyl (C=O) groups excluding carboxylic acids is 1. The number of aromatic nitrogens is 1. The highest BCUT2D eigenvalue weighted by atomic mass is 35.5. The topological polar surface area (TPSA) is 79.2 Å². The van der Waals surface area contributed by atoms with Gasteiger partial charge in [0.2, 0.25) is 0 Å². The highest BCUT2D eigenvalue weighted by Gasteiger charge is 2.25. The van der Waals surface area contributed by atoms with Crippen LogP contribution in [0.4, 0.5) is 4.39 Å². The van der Waals surface area contributed by atoms with Gasteiger partial charge in [-0.3, -0.25) is 15.6 Å². The molecule has 0 atom stereocenters. The highest BCUT2D eigenvalue weighted by molar-refractivity contribution is 7.80. The normalized spacial score (nSPS) is 10.7. The van der Waals surface area contributed by atoms with Crippen molar-refractivity contribution in [2.45, 2.75) is 27.2 Å². The lowest BCUT2D eigenvalue weighted by Gasteiger charge is -2.12. The Hall–Kier alpha value is -2.19. The summed E-state index contributed by atoms with van der Waals surface area (Å²) in [6.07, 6.45) is 0.941. The van der Waals surface area contributed by atoms with E-state index < -0.39 is 11.7 Å². The van der Waals surface area contributed by atoms with Crippen LogP contribution in [0.5, 0.6) is 0 Å². The number of nitrogens with one attached hydrogen (secondary N) is 3. The Morgan fingerprint density at radius 2 is 2.12 bits per heavy atom. The van der Waals surface area contributed by atoms with Crippen LogP contribution in [0.1, 0.15) is 36.4 Å². The Labute approximate surface area is 161 Å². The number of hydrogen-bond acceptors (Lipinski definition) is 4. The zero-order chi connectivity index (χ0) is 19.3. The molecule has 0 bridgehead atoms. The maximum Gasteiger partial charge on any atom is 0.275 e. The molecule has 0 radical (unpaired) electrons. The number of hydrazine groups is 1. The van der Waals surface area contributed by atoms with Gasteiger partial charge >= 0.3 is 0 Å². The molecule has 0 aliphatic rings. The molecule has 6 nitrogen and oxygen atoms in total. The van der Waals surface area contributed by atoms with Gasteiger partial charge in [0.05, 0.1) is 10.6 Å². The minimum absolute atomic E-state index is 0.00815. The number of amides is 1. The summed E-state index contributed by atoms with van der Waals surface area (Å²) in [5, 5.41) is 7.17. The molecule has 0 spiro atoms. The molecule has 1 aromatic carbocycles. The molecule has 0 aliphatic carbocycles. The van der Waals surface area contributed by atoms with Crippen LogP contribution in [0.15, 0.2) is 22.7 Å². The van der Waals surface area contributed by atoms with Gasteiger partial charge in [0, 0.05) is 6.54 Å². The van der Waals surface area contributed by atoms with E-state index in [0.717, 1.165) is 6.42 Å². The molecule has 1 amide bonds. The third kappa shape index (κ3) is 4.92. The van der Waals surface area contributed by atoms with Crippen molar-refractivity contribution in [1.29, 1.82) is 0 Å². The van der Waals surface area contributed by atoms with Crippen LogP contribution in [0.2, 0.25) is 5.02 Å². The number of hydrogen-bond donors (Lipinski definition) is 3. The van der Waals surface area contributed by atoms with E-state index in [1.165, 1.54) is 18.2 Å². The molecular formula is C17H20ClFN4O2S. The Balaban J connectivity index is 2.11. The molecular weight excluding hydrogens is 379 g/mol. The summed E-state index contributed by atoms with van der Waals surface area (Å²) in [6, 6.07) is 4.22. The average molecular weight is 399 g/mol. The number of aryl methyl sites for hydroxylation is 1. The van der Waals surface area contributed by atoms with Crippen molar-refractivity contribution in [3.63, 3.8) is 0 Å². The SMILES string of the molecule is Cc1onc(-c2c(F)cccc2Cl)c1C(=O)NNC(=S)NCCC(C)C. The van der Waals surface area contributed by atoms with Gasteiger partial charge in [-0.1, -0.05) is 36.7 Å². The number of nitrogens with zero attached hydrogens (tertiary/aromatic N) is 1. The first kappa shape index (κ1) is 20.1. The van der Waals surface area contributed by atoms with E-state index in [0.29, 0.717) is 12.5 Å². The second-order valence-electron chi connectivity index (χ2n) is 6.08. The van der Waals surface area contributed by atoms with Crippen LogP contribution in [0.3, 0.4) is 0 Å². The molecule has 0 unspecified atom stereocenters. The number of carbonyl (C=O) groups is 1. The molecule has 26 heavy (non-hydrogen) atoms. The van der Waals surface area contributed by atoms with Crippen molar-refractivity contribution in [2.75, 3.05) is 6.54 Å². The Kier molecular flexibility index (Phi) is 6.93. The van der Waals surface area contributed by atoms with E-state index in [-0.39, 0.29) is 32.7 Å². The van der Waals surface area contributed by atoms with Crippen molar-refractivity contribution in [1.82, 2.24) is 21.3 Å². The first-order valence-electron chi connectivity index (χ1n) is 8.06. The number of benzene rings is 1. The lowest BCUT2D eigenvalue weighted by molar-refractivity contribution is 0.0942. The fourth-order valence-electron chi connectivity index (χ4n) is 2.23. The number of rotatable bonds is 5. The van der Waals surface area contributed by atoms with Gasteiger partial charge < -0.3 is 9.84 Å². The smallest absolute Gasteiger partial charge is 0.275 e. The molecule has 1 heterocycles. The van der Waals surface area contributed by atoms with E-state index >= 15 is 0 Å². The summed E-state index contributed by atoms with van der Waals surface area (Å²) in [5.74, 6) is -0.394. The third-order valence-electron chi connectivity index (χ3n) is 3.59. The zero-order valence-corrected chi connectivity index (χ0v) is 16.2. The maximum atomic E-state index is 14.2. The number of thiocarbonyl (C=S) groups is 1. The van der Waals surface area contributed by atoms with Crippen LogP contribution in [-0.2, 0) is 0 Å². The predicted molar refractivity (Wildman–Crippen MR) is 102 cm³/mol. The van der Waals surface area contributed by atoms with E-state index in [4.69, 9.17) is 28.3 Å². The first-order chi connectivity index (χ1) is 12.3. The summed E-state index contributed by atoms with van der Waals surface area (Å²) < 4.78 is 19.2. The molecule has 0 saturated carbocycles. The Morgan fingerprint density at radius 1 is 1.38 bits per heavy atom. The Morgan fingerprint density at radius 3 is 2.77 bits per heavy atom. The van der Waals surface area contributed by atoms with Crippen molar-refractivity contribution >= 4 is 34.8 Å². The van der Waals surface area contributed by atoms with Crippen LogP contribution >= 0.6 is 23.8 Å². The third-order valence-corrected chi connectivity index (χ3v) is 4.15.